The number of carbonyl (C=O) groups excluding carboxylic acids is 2. The lowest BCUT2D eigenvalue weighted by Crippen LogP contribution is -2.45. The van der Waals surface area contributed by atoms with Gasteiger partial charge in [0.1, 0.15) is 6.04 Å². The summed E-state index contributed by atoms with van der Waals surface area (Å²) in [6.45, 7) is 0. The lowest BCUT2D eigenvalue weighted by Gasteiger charge is -2.16. The van der Waals surface area contributed by atoms with Crippen molar-refractivity contribution in [3.8, 4) is 0 Å². The zero-order chi connectivity index (χ0) is 17.7. The third-order valence-electron chi connectivity index (χ3n) is 3.41. The van der Waals surface area contributed by atoms with Gasteiger partial charge in [0, 0.05) is 12.0 Å². The van der Waals surface area contributed by atoms with Crippen LogP contribution in [0.4, 0.5) is 13.2 Å². The third kappa shape index (κ3) is 4.58. The smallest absolute Gasteiger partial charge is 0.368 e. The lowest BCUT2D eigenvalue weighted by atomic mass is 10.0. The van der Waals surface area contributed by atoms with Crippen molar-refractivity contribution >= 4 is 11.8 Å². The Kier molecular flexibility index (Phi) is 5.23. The molecule has 2 rings (SSSR count). The van der Waals surface area contributed by atoms with Gasteiger partial charge in [-0.05, 0) is 29.8 Å². The molecule has 0 aliphatic heterocycles. The number of rotatable bonds is 5. The molecule has 0 aliphatic carbocycles. The maximum atomic E-state index is 12.5. The van der Waals surface area contributed by atoms with Crippen molar-refractivity contribution in [3.63, 3.8) is 0 Å². The van der Waals surface area contributed by atoms with Gasteiger partial charge in [-0.3, -0.25) is 9.59 Å². The van der Waals surface area contributed by atoms with Crippen molar-refractivity contribution in [2.45, 2.75) is 18.6 Å². The number of hydrogen-bond donors (Lipinski definition) is 2. The van der Waals surface area contributed by atoms with Crippen LogP contribution in [-0.4, -0.2) is 17.9 Å². The Morgan fingerprint density at radius 2 is 1.58 bits per heavy atom. The third-order valence-corrected chi connectivity index (χ3v) is 3.41. The summed E-state index contributed by atoms with van der Waals surface area (Å²) in [6, 6.07) is 11.7. The Labute approximate surface area is 136 Å². The SMILES string of the molecule is NC(=O)[C@H](Cc1ccccc1)NC(=O)c1ccc(C(F)(F)F)cc1. The average molecular weight is 336 g/mol. The topological polar surface area (TPSA) is 72.2 Å². The summed E-state index contributed by atoms with van der Waals surface area (Å²) in [4.78, 5) is 23.6. The van der Waals surface area contributed by atoms with Crippen molar-refractivity contribution in [3.05, 3.63) is 71.3 Å². The Morgan fingerprint density at radius 3 is 2.08 bits per heavy atom. The van der Waals surface area contributed by atoms with E-state index in [-0.39, 0.29) is 12.0 Å². The van der Waals surface area contributed by atoms with Crippen LogP contribution < -0.4 is 11.1 Å². The maximum absolute atomic E-state index is 12.5. The minimum absolute atomic E-state index is 0.0160. The highest BCUT2D eigenvalue weighted by molar-refractivity contribution is 5.97. The van der Waals surface area contributed by atoms with Gasteiger partial charge in [-0.15, -0.1) is 0 Å². The first-order chi connectivity index (χ1) is 11.3. The van der Waals surface area contributed by atoms with Crippen molar-refractivity contribution in [2.24, 2.45) is 5.73 Å². The average Bonchev–Trinajstić information content (AvgIpc) is 2.54. The molecule has 0 bridgehead atoms. The molecule has 0 fully saturated rings. The Bertz CT molecular complexity index is 713. The zero-order valence-corrected chi connectivity index (χ0v) is 12.5. The Balaban J connectivity index is 2.09. The standard InChI is InChI=1S/C17H15F3N2O2/c18-17(19,20)13-8-6-12(7-9-13)16(24)22-14(15(21)23)10-11-4-2-1-3-5-11/h1-9,14H,10H2,(H2,21,23)(H,22,24)/t14-/m0/s1. The molecule has 24 heavy (non-hydrogen) atoms. The van der Waals surface area contributed by atoms with Crippen LogP contribution in [0.1, 0.15) is 21.5 Å². The molecule has 0 aromatic heterocycles. The van der Waals surface area contributed by atoms with E-state index in [9.17, 15) is 22.8 Å². The summed E-state index contributed by atoms with van der Waals surface area (Å²) in [7, 11) is 0. The predicted molar refractivity (Wildman–Crippen MR) is 82.0 cm³/mol. The molecule has 1 atom stereocenters. The van der Waals surface area contributed by atoms with Crippen molar-refractivity contribution < 1.29 is 22.8 Å². The second-order valence-electron chi connectivity index (χ2n) is 5.19. The summed E-state index contributed by atoms with van der Waals surface area (Å²) < 4.78 is 37.6. The van der Waals surface area contributed by atoms with Gasteiger partial charge >= 0.3 is 6.18 Å². The Morgan fingerprint density at radius 1 is 1.00 bits per heavy atom. The summed E-state index contributed by atoms with van der Waals surface area (Å²) in [5, 5.41) is 2.44. The molecule has 0 spiro atoms. The van der Waals surface area contributed by atoms with Gasteiger partial charge in [0.05, 0.1) is 5.56 Å². The molecule has 126 valence electrons. The van der Waals surface area contributed by atoms with E-state index in [4.69, 9.17) is 5.73 Å². The fourth-order valence-corrected chi connectivity index (χ4v) is 2.12. The lowest BCUT2D eigenvalue weighted by molar-refractivity contribution is -0.137. The molecular weight excluding hydrogens is 321 g/mol. The minimum atomic E-state index is -4.47. The molecule has 2 amide bonds. The molecule has 2 aromatic carbocycles. The van der Waals surface area contributed by atoms with E-state index in [0.717, 1.165) is 29.8 Å². The van der Waals surface area contributed by atoms with Crippen LogP contribution in [0.2, 0.25) is 0 Å². The van der Waals surface area contributed by atoms with Crippen molar-refractivity contribution in [1.82, 2.24) is 5.32 Å². The number of alkyl halides is 3. The van der Waals surface area contributed by atoms with E-state index in [1.807, 2.05) is 6.07 Å². The molecular formula is C17H15F3N2O2. The fraction of sp³-hybridized carbons (Fsp3) is 0.176. The van der Waals surface area contributed by atoms with E-state index in [1.54, 1.807) is 24.3 Å². The molecule has 4 nitrogen and oxygen atoms in total. The number of amides is 2. The zero-order valence-electron chi connectivity index (χ0n) is 12.5. The van der Waals surface area contributed by atoms with E-state index >= 15 is 0 Å². The maximum Gasteiger partial charge on any atom is 0.416 e. The first-order valence-electron chi connectivity index (χ1n) is 7.09. The van der Waals surface area contributed by atoms with Crippen molar-refractivity contribution in [2.75, 3.05) is 0 Å². The number of benzene rings is 2. The predicted octanol–water partition coefficient (Wildman–Crippen LogP) is 2.53. The number of primary amides is 1. The number of nitrogens with one attached hydrogen (secondary N) is 1. The highest BCUT2D eigenvalue weighted by Crippen LogP contribution is 2.29. The molecule has 2 aromatic rings. The summed E-state index contributed by atoms with van der Waals surface area (Å²) in [5.74, 6) is -1.39. The normalized spacial score (nSPS) is 12.5. The monoisotopic (exact) mass is 336 g/mol. The van der Waals surface area contributed by atoms with Gasteiger partial charge in [0.15, 0.2) is 0 Å². The summed E-state index contributed by atoms with van der Waals surface area (Å²) in [6.07, 6.45) is -4.28. The highest BCUT2D eigenvalue weighted by Gasteiger charge is 2.30. The summed E-state index contributed by atoms with van der Waals surface area (Å²) in [5.41, 5.74) is 5.25. The molecule has 0 aliphatic rings. The van der Waals surface area contributed by atoms with Crippen LogP contribution in [0.25, 0.3) is 0 Å². The number of nitrogens with two attached hydrogens (primary N) is 1. The number of carbonyl (C=O) groups is 2. The van der Waals surface area contributed by atoms with Gasteiger partial charge in [-0.1, -0.05) is 30.3 Å². The molecule has 0 unspecified atom stereocenters. The van der Waals surface area contributed by atoms with Gasteiger partial charge in [0.25, 0.3) is 5.91 Å². The molecule has 0 saturated heterocycles. The first kappa shape index (κ1) is 17.5. The molecule has 7 heteroatoms. The first-order valence-corrected chi connectivity index (χ1v) is 7.09. The van der Waals surface area contributed by atoms with E-state index in [0.29, 0.717) is 0 Å². The fourth-order valence-electron chi connectivity index (χ4n) is 2.12. The van der Waals surface area contributed by atoms with Gasteiger partial charge in [-0.2, -0.15) is 13.2 Å². The molecule has 0 heterocycles. The van der Waals surface area contributed by atoms with E-state index in [1.165, 1.54) is 0 Å². The van der Waals surface area contributed by atoms with E-state index < -0.39 is 29.6 Å². The number of hydrogen-bond acceptors (Lipinski definition) is 2. The largest absolute Gasteiger partial charge is 0.416 e. The van der Waals surface area contributed by atoms with Crippen molar-refractivity contribution in [1.29, 1.82) is 0 Å². The van der Waals surface area contributed by atoms with E-state index in [2.05, 4.69) is 5.32 Å². The number of halogens is 3. The van der Waals surface area contributed by atoms with Crippen LogP contribution in [0.15, 0.2) is 54.6 Å². The second kappa shape index (κ2) is 7.16. The van der Waals surface area contributed by atoms with Crippen LogP contribution in [0.5, 0.6) is 0 Å². The van der Waals surface area contributed by atoms with Crippen LogP contribution in [0.3, 0.4) is 0 Å². The summed E-state index contributed by atoms with van der Waals surface area (Å²) >= 11 is 0. The molecule has 0 saturated carbocycles. The second-order valence-corrected chi connectivity index (χ2v) is 5.19. The molecule has 3 N–H and O–H groups in total. The highest BCUT2D eigenvalue weighted by atomic mass is 19.4. The van der Waals surface area contributed by atoms with Crippen LogP contribution >= 0.6 is 0 Å². The minimum Gasteiger partial charge on any atom is -0.368 e. The molecule has 0 radical (unpaired) electrons. The van der Waals surface area contributed by atoms with Gasteiger partial charge < -0.3 is 11.1 Å². The van der Waals surface area contributed by atoms with Crippen LogP contribution in [-0.2, 0) is 17.4 Å². The Hall–Kier alpha value is -2.83. The van der Waals surface area contributed by atoms with Crippen LogP contribution in [0, 0.1) is 0 Å². The quantitative estimate of drug-likeness (QED) is 0.881. The van der Waals surface area contributed by atoms with Gasteiger partial charge in [-0.25, -0.2) is 0 Å². The van der Waals surface area contributed by atoms with Gasteiger partial charge in [0.2, 0.25) is 5.91 Å².